The normalized spacial score (nSPS) is 14.4. The molecule has 0 aliphatic carbocycles. The smallest absolute Gasteiger partial charge is 0.262 e. The number of hydrogen-bond acceptors (Lipinski definition) is 4. The van der Waals surface area contributed by atoms with Crippen molar-refractivity contribution in [3.05, 3.63) is 35.4 Å². The van der Waals surface area contributed by atoms with Gasteiger partial charge in [-0.3, -0.25) is 19.3 Å². The van der Waals surface area contributed by atoms with E-state index >= 15 is 0 Å². The number of carbonyl (C=O) groups is 3. The van der Waals surface area contributed by atoms with E-state index in [0.29, 0.717) is 24.2 Å². The molecule has 0 radical (unpaired) electrons. The van der Waals surface area contributed by atoms with Crippen molar-refractivity contribution >= 4 is 30.1 Å². The highest BCUT2D eigenvalue weighted by Gasteiger charge is 2.43. The maximum Gasteiger partial charge on any atom is 0.262 e. The van der Waals surface area contributed by atoms with Crippen LogP contribution in [0.4, 0.5) is 0 Å². The van der Waals surface area contributed by atoms with Gasteiger partial charge in [0.15, 0.2) is 0 Å². The molecule has 1 heterocycles. The van der Waals surface area contributed by atoms with Gasteiger partial charge in [-0.2, -0.15) is 0 Å². The summed E-state index contributed by atoms with van der Waals surface area (Å²) in [6.45, 7) is 7.57. The second-order valence-electron chi connectivity index (χ2n) is 5.86. The summed E-state index contributed by atoms with van der Waals surface area (Å²) in [5, 5.41) is 5.91. The van der Waals surface area contributed by atoms with Gasteiger partial charge in [0.25, 0.3) is 11.8 Å². The predicted octanol–water partition coefficient (Wildman–Crippen LogP) is 1.45. The summed E-state index contributed by atoms with van der Waals surface area (Å²) in [6.07, 6.45) is 0. The molecule has 0 aromatic heterocycles. The minimum Gasteiger partial charge on any atom is -0.353 e. The molecule has 0 spiro atoms. The van der Waals surface area contributed by atoms with Gasteiger partial charge in [-0.25, -0.2) is 0 Å². The second kappa shape index (κ2) is 8.80. The first-order chi connectivity index (χ1) is 11.0. The number of amides is 3. The molecule has 1 atom stereocenters. The fourth-order valence-electron chi connectivity index (χ4n) is 2.73. The standard InChI is InChI=1S/C17H23N3O3.ClH/c1-4-18-9-10-19-15(21)14(11(2)3)20-16(22)12-7-5-6-8-13(12)17(20)23;/h5-8,11,14,18H,4,9-10H2,1-3H3,(H,19,21);1H. The maximum atomic E-state index is 12.5. The van der Waals surface area contributed by atoms with Crippen molar-refractivity contribution in [1.82, 2.24) is 15.5 Å². The lowest BCUT2D eigenvalue weighted by atomic mass is 10.0. The van der Waals surface area contributed by atoms with Crippen LogP contribution < -0.4 is 10.6 Å². The number of nitrogens with zero attached hydrogens (tertiary/aromatic N) is 1. The third kappa shape index (κ3) is 3.94. The van der Waals surface area contributed by atoms with Crippen molar-refractivity contribution in [2.24, 2.45) is 5.92 Å². The van der Waals surface area contributed by atoms with Crippen molar-refractivity contribution in [3.63, 3.8) is 0 Å². The molecule has 7 heteroatoms. The van der Waals surface area contributed by atoms with Gasteiger partial charge in [0.1, 0.15) is 6.04 Å². The molecule has 1 unspecified atom stereocenters. The molecule has 6 nitrogen and oxygen atoms in total. The molecule has 0 saturated heterocycles. The zero-order valence-corrected chi connectivity index (χ0v) is 15.0. The van der Waals surface area contributed by atoms with Crippen LogP contribution in [0.5, 0.6) is 0 Å². The lowest BCUT2D eigenvalue weighted by Crippen LogP contribution is -2.53. The fraction of sp³-hybridized carbons (Fsp3) is 0.471. The summed E-state index contributed by atoms with van der Waals surface area (Å²) in [5.41, 5.74) is 0.729. The van der Waals surface area contributed by atoms with Gasteiger partial charge in [-0.1, -0.05) is 32.9 Å². The van der Waals surface area contributed by atoms with E-state index in [4.69, 9.17) is 0 Å². The number of rotatable bonds is 7. The Kier molecular flexibility index (Phi) is 7.38. The highest BCUT2D eigenvalue weighted by molar-refractivity contribution is 6.22. The van der Waals surface area contributed by atoms with E-state index in [-0.39, 0.29) is 24.2 Å². The average Bonchev–Trinajstić information content (AvgIpc) is 2.77. The number of carbonyl (C=O) groups excluding carboxylic acids is 3. The van der Waals surface area contributed by atoms with Crippen LogP contribution in [0.2, 0.25) is 0 Å². The van der Waals surface area contributed by atoms with Gasteiger partial charge in [-0.05, 0) is 24.6 Å². The molecular formula is C17H24ClN3O3. The number of imide groups is 1. The summed E-state index contributed by atoms with van der Waals surface area (Å²) in [4.78, 5) is 38.7. The van der Waals surface area contributed by atoms with Crippen LogP contribution in [-0.2, 0) is 4.79 Å². The van der Waals surface area contributed by atoms with Crippen molar-refractivity contribution in [2.75, 3.05) is 19.6 Å². The van der Waals surface area contributed by atoms with Crippen molar-refractivity contribution in [3.8, 4) is 0 Å². The van der Waals surface area contributed by atoms with Crippen LogP contribution in [0.15, 0.2) is 24.3 Å². The summed E-state index contributed by atoms with van der Waals surface area (Å²) in [7, 11) is 0. The Hall–Kier alpha value is -1.92. The minimum atomic E-state index is -0.802. The summed E-state index contributed by atoms with van der Waals surface area (Å²) in [6, 6.07) is 5.87. The zero-order chi connectivity index (χ0) is 17.0. The van der Waals surface area contributed by atoms with E-state index in [0.717, 1.165) is 11.4 Å². The highest BCUT2D eigenvalue weighted by atomic mass is 35.5. The summed E-state index contributed by atoms with van der Waals surface area (Å²) in [5.74, 6) is -1.26. The first-order valence-electron chi connectivity index (χ1n) is 7.94. The lowest BCUT2D eigenvalue weighted by Gasteiger charge is -2.28. The van der Waals surface area contributed by atoms with E-state index in [1.54, 1.807) is 24.3 Å². The molecule has 24 heavy (non-hydrogen) atoms. The third-order valence-corrected chi connectivity index (χ3v) is 3.85. The second-order valence-corrected chi connectivity index (χ2v) is 5.86. The lowest BCUT2D eigenvalue weighted by molar-refractivity contribution is -0.126. The number of hydrogen-bond donors (Lipinski definition) is 2. The van der Waals surface area contributed by atoms with E-state index in [1.165, 1.54) is 0 Å². The highest BCUT2D eigenvalue weighted by Crippen LogP contribution is 2.27. The Labute approximate surface area is 148 Å². The van der Waals surface area contributed by atoms with E-state index in [2.05, 4.69) is 10.6 Å². The van der Waals surface area contributed by atoms with Gasteiger partial charge in [0, 0.05) is 13.1 Å². The van der Waals surface area contributed by atoms with Gasteiger partial charge in [0.2, 0.25) is 5.91 Å². The predicted molar refractivity (Wildman–Crippen MR) is 94.4 cm³/mol. The average molecular weight is 354 g/mol. The monoisotopic (exact) mass is 353 g/mol. The zero-order valence-electron chi connectivity index (χ0n) is 14.2. The Morgan fingerprint density at radius 3 is 2.08 bits per heavy atom. The number of fused-ring (bicyclic) bond motifs is 1. The Bertz CT molecular complexity index is 584. The summed E-state index contributed by atoms with van der Waals surface area (Å²) >= 11 is 0. The van der Waals surface area contributed by atoms with E-state index < -0.39 is 17.9 Å². The molecule has 1 aliphatic heterocycles. The molecule has 1 aliphatic rings. The topological polar surface area (TPSA) is 78.5 Å². The van der Waals surface area contributed by atoms with Gasteiger partial charge >= 0.3 is 0 Å². The van der Waals surface area contributed by atoms with Crippen LogP contribution in [-0.4, -0.2) is 48.3 Å². The molecule has 3 amide bonds. The molecule has 132 valence electrons. The maximum absolute atomic E-state index is 12.5. The molecule has 0 bridgehead atoms. The largest absolute Gasteiger partial charge is 0.353 e. The molecular weight excluding hydrogens is 330 g/mol. The molecule has 1 aromatic rings. The number of likely N-dealkylation sites (N-methyl/N-ethyl adjacent to an activating group) is 1. The number of halogens is 1. The Balaban J connectivity index is 0.00000288. The van der Waals surface area contributed by atoms with E-state index in [9.17, 15) is 14.4 Å². The van der Waals surface area contributed by atoms with Crippen LogP contribution in [0, 0.1) is 5.92 Å². The van der Waals surface area contributed by atoms with Crippen molar-refractivity contribution in [1.29, 1.82) is 0 Å². The fourth-order valence-corrected chi connectivity index (χ4v) is 2.73. The molecule has 2 N–H and O–H groups in total. The van der Waals surface area contributed by atoms with Crippen LogP contribution in [0.1, 0.15) is 41.5 Å². The molecule has 1 aromatic carbocycles. The molecule has 0 fully saturated rings. The van der Waals surface area contributed by atoms with Crippen molar-refractivity contribution < 1.29 is 14.4 Å². The first-order valence-corrected chi connectivity index (χ1v) is 7.94. The Morgan fingerprint density at radius 2 is 1.62 bits per heavy atom. The minimum absolute atomic E-state index is 0. The summed E-state index contributed by atoms with van der Waals surface area (Å²) < 4.78 is 0. The van der Waals surface area contributed by atoms with Crippen LogP contribution in [0.3, 0.4) is 0 Å². The van der Waals surface area contributed by atoms with E-state index in [1.807, 2.05) is 20.8 Å². The van der Waals surface area contributed by atoms with Gasteiger partial charge < -0.3 is 10.6 Å². The SMILES string of the molecule is CCNCCNC(=O)C(C(C)C)N1C(=O)c2ccccc2C1=O.Cl. The van der Waals surface area contributed by atoms with Gasteiger partial charge in [-0.15, -0.1) is 12.4 Å². The van der Waals surface area contributed by atoms with Crippen LogP contribution >= 0.6 is 12.4 Å². The van der Waals surface area contributed by atoms with Crippen molar-refractivity contribution in [2.45, 2.75) is 26.8 Å². The molecule has 0 saturated carbocycles. The molecule has 2 rings (SSSR count). The quantitative estimate of drug-likeness (QED) is 0.574. The van der Waals surface area contributed by atoms with Gasteiger partial charge in [0.05, 0.1) is 11.1 Å². The third-order valence-electron chi connectivity index (χ3n) is 3.85. The number of nitrogens with one attached hydrogen (secondary N) is 2. The number of benzene rings is 1. The Morgan fingerprint density at radius 1 is 1.08 bits per heavy atom. The first kappa shape index (κ1) is 20.1. The van der Waals surface area contributed by atoms with Crippen LogP contribution in [0.25, 0.3) is 0 Å².